The van der Waals surface area contributed by atoms with E-state index >= 15 is 0 Å². The van der Waals surface area contributed by atoms with Gasteiger partial charge in [-0.3, -0.25) is 9.78 Å². The number of rotatable bonds is 7. The third-order valence-electron chi connectivity index (χ3n) is 5.18. The molecule has 2 N–H and O–H groups in total. The van der Waals surface area contributed by atoms with Gasteiger partial charge in [-0.1, -0.05) is 18.7 Å². The van der Waals surface area contributed by atoms with Gasteiger partial charge in [0.15, 0.2) is 5.65 Å². The quantitative estimate of drug-likeness (QED) is 0.325. The molecular weight excluding hydrogens is 444 g/mol. The molecule has 0 fully saturated rings. The lowest BCUT2D eigenvalue weighted by Gasteiger charge is -2.08. The van der Waals surface area contributed by atoms with Crippen LogP contribution >= 0.6 is 0 Å². The largest absolute Gasteiger partial charge is 0.481 e. The average Bonchev–Trinajstić information content (AvgIpc) is 3.32. The Morgan fingerprint density at radius 1 is 1.00 bits per heavy atom. The van der Waals surface area contributed by atoms with Gasteiger partial charge < -0.3 is 19.8 Å². The fourth-order valence-corrected chi connectivity index (χ4v) is 3.47. The first-order valence-corrected chi connectivity index (χ1v) is 10.7. The second-order valence-corrected chi connectivity index (χ2v) is 7.45. The molecule has 0 spiro atoms. The van der Waals surface area contributed by atoms with E-state index in [0.717, 1.165) is 22.4 Å². The van der Waals surface area contributed by atoms with Crippen LogP contribution in [0.3, 0.4) is 0 Å². The van der Waals surface area contributed by atoms with E-state index in [4.69, 9.17) is 9.47 Å². The van der Waals surface area contributed by atoms with Crippen molar-refractivity contribution < 1.29 is 14.3 Å². The Morgan fingerprint density at radius 3 is 2.60 bits per heavy atom. The van der Waals surface area contributed by atoms with E-state index in [1.807, 2.05) is 24.4 Å². The first-order valence-electron chi connectivity index (χ1n) is 10.7. The molecule has 0 aliphatic heterocycles. The molecule has 9 nitrogen and oxygen atoms in total. The smallest absolute Gasteiger partial charge is 0.247 e. The highest BCUT2D eigenvalue weighted by atomic mass is 16.5. The van der Waals surface area contributed by atoms with Crippen molar-refractivity contribution in [1.82, 2.24) is 24.9 Å². The molecule has 0 unspecified atom stereocenters. The van der Waals surface area contributed by atoms with Gasteiger partial charge in [0.2, 0.25) is 17.7 Å². The van der Waals surface area contributed by atoms with Gasteiger partial charge in [0.1, 0.15) is 11.3 Å². The first-order chi connectivity index (χ1) is 17.1. The SMILES string of the molecule is C=CC(=O)Nc1cccc(Oc2cnc3[nH]cc(-c4ccc(-c5ccc(OC)nc5)nc4)c3n2)c1. The topological polar surface area (TPSA) is 115 Å². The molecular formula is C26H20N6O3. The van der Waals surface area contributed by atoms with E-state index in [1.165, 1.54) is 12.3 Å². The molecule has 4 heterocycles. The number of fused-ring (bicyclic) bond motifs is 1. The Hall–Kier alpha value is -5.05. The Kier molecular flexibility index (Phi) is 5.87. The van der Waals surface area contributed by atoms with Crippen molar-refractivity contribution in [2.24, 2.45) is 0 Å². The highest BCUT2D eigenvalue weighted by molar-refractivity contribution is 5.99. The Bertz CT molecular complexity index is 1510. The van der Waals surface area contributed by atoms with Crippen LogP contribution in [0.4, 0.5) is 5.69 Å². The lowest BCUT2D eigenvalue weighted by atomic mass is 10.1. The maximum Gasteiger partial charge on any atom is 0.247 e. The minimum atomic E-state index is -0.303. The fourth-order valence-electron chi connectivity index (χ4n) is 3.47. The maximum atomic E-state index is 11.6. The highest BCUT2D eigenvalue weighted by Gasteiger charge is 2.12. The van der Waals surface area contributed by atoms with E-state index < -0.39 is 0 Å². The molecule has 0 aliphatic rings. The fraction of sp³-hybridized carbons (Fsp3) is 0.0385. The standard InChI is InChI=1S/C26H20N6O3/c1-3-22(33)31-18-5-4-6-19(11-18)35-24-15-30-26-25(32-24)20(14-29-26)16-7-9-21(27-12-16)17-8-10-23(34-2)28-13-17/h3-15H,1H2,2H3,(H,29,30)(H,31,33). The number of aromatic amines is 1. The molecule has 9 heteroatoms. The van der Waals surface area contributed by atoms with Crippen LogP contribution < -0.4 is 14.8 Å². The van der Waals surface area contributed by atoms with E-state index in [-0.39, 0.29) is 5.91 Å². The number of methoxy groups -OCH3 is 1. The summed E-state index contributed by atoms with van der Waals surface area (Å²) < 4.78 is 11.0. The predicted octanol–water partition coefficient (Wildman–Crippen LogP) is 5.01. The predicted molar refractivity (Wildman–Crippen MR) is 132 cm³/mol. The van der Waals surface area contributed by atoms with Crippen LogP contribution in [0.2, 0.25) is 0 Å². The van der Waals surface area contributed by atoms with Crippen LogP contribution in [0.1, 0.15) is 0 Å². The van der Waals surface area contributed by atoms with Crippen molar-refractivity contribution in [3.05, 3.63) is 86.0 Å². The number of hydrogen-bond donors (Lipinski definition) is 2. The molecule has 0 atom stereocenters. The number of anilines is 1. The first kappa shape index (κ1) is 21.8. The van der Waals surface area contributed by atoms with Crippen LogP contribution in [0.5, 0.6) is 17.5 Å². The van der Waals surface area contributed by atoms with E-state index in [0.29, 0.717) is 34.4 Å². The molecule has 0 bridgehead atoms. The monoisotopic (exact) mass is 464 g/mol. The Labute approximate surface area is 200 Å². The number of carbonyl (C=O) groups is 1. The molecule has 5 aromatic rings. The second kappa shape index (κ2) is 9.44. The minimum Gasteiger partial charge on any atom is -0.481 e. The third kappa shape index (κ3) is 4.69. The average molecular weight is 464 g/mol. The summed E-state index contributed by atoms with van der Waals surface area (Å²) in [6.45, 7) is 3.45. The number of benzene rings is 1. The van der Waals surface area contributed by atoms with Crippen LogP contribution in [0.15, 0.2) is 86.0 Å². The van der Waals surface area contributed by atoms with E-state index in [9.17, 15) is 4.79 Å². The molecule has 1 amide bonds. The summed E-state index contributed by atoms with van der Waals surface area (Å²) in [5.41, 5.74) is 5.27. The summed E-state index contributed by atoms with van der Waals surface area (Å²) in [6.07, 6.45) is 8.08. The Morgan fingerprint density at radius 2 is 1.86 bits per heavy atom. The summed E-state index contributed by atoms with van der Waals surface area (Å²) in [7, 11) is 1.58. The van der Waals surface area contributed by atoms with Gasteiger partial charge in [0.25, 0.3) is 0 Å². The maximum absolute atomic E-state index is 11.6. The number of carbonyl (C=O) groups excluding carboxylic acids is 1. The summed E-state index contributed by atoms with van der Waals surface area (Å²) in [6, 6.07) is 14.6. The number of hydrogen-bond acceptors (Lipinski definition) is 7. The van der Waals surface area contributed by atoms with Crippen molar-refractivity contribution in [2.45, 2.75) is 0 Å². The zero-order valence-corrected chi connectivity index (χ0v) is 18.7. The van der Waals surface area contributed by atoms with Crippen LogP contribution in [0, 0.1) is 0 Å². The number of amides is 1. The van der Waals surface area contributed by atoms with Gasteiger partial charge in [-0.05, 0) is 30.3 Å². The van der Waals surface area contributed by atoms with Crippen LogP contribution in [-0.2, 0) is 4.79 Å². The molecule has 4 aromatic heterocycles. The highest BCUT2D eigenvalue weighted by Crippen LogP contribution is 2.30. The van der Waals surface area contributed by atoms with Crippen molar-refractivity contribution >= 4 is 22.8 Å². The van der Waals surface area contributed by atoms with Crippen molar-refractivity contribution in [3.8, 4) is 39.9 Å². The van der Waals surface area contributed by atoms with E-state index in [1.54, 1.807) is 49.8 Å². The van der Waals surface area contributed by atoms with Crippen molar-refractivity contribution in [1.29, 1.82) is 0 Å². The molecule has 0 radical (unpaired) electrons. The lowest BCUT2D eigenvalue weighted by molar-refractivity contribution is -0.111. The summed E-state index contributed by atoms with van der Waals surface area (Å²) in [5, 5.41) is 2.70. The number of H-pyrrole nitrogens is 1. The van der Waals surface area contributed by atoms with Gasteiger partial charge in [0, 0.05) is 53.1 Å². The molecule has 5 rings (SSSR count). The van der Waals surface area contributed by atoms with Gasteiger partial charge in [-0.15, -0.1) is 0 Å². The van der Waals surface area contributed by atoms with Gasteiger partial charge >= 0.3 is 0 Å². The Balaban J connectivity index is 1.40. The summed E-state index contributed by atoms with van der Waals surface area (Å²) in [4.78, 5) is 32.6. The van der Waals surface area contributed by atoms with Gasteiger partial charge in [0.05, 0.1) is 19.0 Å². The van der Waals surface area contributed by atoms with E-state index in [2.05, 4.69) is 36.8 Å². The molecule has 0 saturated heterocycles. The number of nitrogens with zero attached hydrogens (tertiary/aromatic N) is 4. The molecule has 0 aliphatic carbocycles. The normalized spacial score (nSPS) is 10.7. The summed E-state index contributed by atoms with van der Waals surface area (Å²) in [5.74, 6) is 1.08. The molecule has 35 heavy (non-hydrogen) atoms. The van der Waals surface area contributed by atoms with Gasteiger partial charge in [-0.2, -0.15) is 0 Å². The number of aromatic nitrogens is 5. The van der Waals surface area contributed by atoms with Crippen molar-refractivity contribution in [3.63, 3.8) is 0 Å². The van der Waals surface area contributed by atoms with Gasteiger partial charge in [-0.25, -0.2) is 15.0 Å². The number of ether oxygens (including phenoxy) is 2. The third-order valence-corrected chi connectivity index (χ3v) is 5.18. The zero-order valence-electron chi connectivity index (χ0n) is 18.7. The minimum absolute atomic E-state index is 0.303. The number of pyridine rings is 2. The molecule has 1 aromatic carbocycles. The lowest BCUT2D eigenvalue weighted by Crippen LogP contribution is -2.07. The molecule has 172 valence electrons. The molecule has 0 saturated carbocycles. The number of nitrogens with one attached hydrogen (secondary N) is 2. The zero-order chi connectivity index (χ0) is 24.2. The second-order valence-electron chi connectivity index (χ2n) is 7.45. The summed E-state index contributed by atoms with van der Waals surface area (Å²) >= 11 is 0. The van der Waals surface area contributed by atoms with Crippen LogP contribution in [0.25, 0.3) is 33.5 Å². The van der Waals surface area contributed by atoms with Crippen LogP contribution in [-0.4, -0.2) is 37.9 Å². The van der Waals surface area contributed by atoms with Crippen molar-refractivity contribution in [2.75, 3.05) is 12.4 Å².